The lowest BCUT2D eigenvalue weighted by molar-refractivity contribution is -0.137. The van der Waals surface area contributed by atoms with Gasteiger partial charge in [-0.2, -0.15) is 13.2 Å². The number of carboxylic acid groups (broad SMARTS) is 1. The molecule has 1 heterocycles. The van der Waals surface area contributed by atoms with Crippen LogP contribution < -0.4 is 5.14 Å². The first-order chi connectivity index (χ1) is 15.9. The second kappa shape index (κ2) is 8.39. The van der Waals surface area contributed by atoms with Gasteiger partial charge >= 0.3 is 12.1 Å². The lowest BCUT2D eigenvalue weighted by Crippen LogP contribution is -2.11. The van der Waals surface area contributed by atoms with E-state index in [2.05, 4.69) is 10.3 Å². The number of rotatable bonds is 5. The molecule has 0 unspecified atom stereocenters. The number of aromatic nitrogens is 3. The van der Waals surface area contributed by atoms with Gasteiger partial charge in [-0.1, -0.05) is 29.5 Å². The number of hydrogen-bond donors (Lipinski definition) is 2. The third-order valence-corrected chi connectivity index (χ3v) is 5.88. The molecule has 4 rings (SSSR count). The number of nitrogens with two attached hydrogens (primary N) is 1. The smallest absolute Gasteiger partial charge is 0.416 e. The molecule has 0 aliphatic rings. The maximum Gasteiger partial charge on any atom is 0.416 e. The standard InChI is InChI=1S/C22H15F3N4O4S/c23-22(24,25)17-5-1-14(2-6-17)20-12-29(28-27-20)18-10-15(9-16(11-18)21(30)31)13-3-7-19(8-4-13)34(26,32)33/h1-12H,(H,30,31)(H2,26,32,33). The average Bonchev–Trinajstić information content (AvgIpc) is 3.28. The summed E-state index contributed by atoms with van der Waals surface area (Å²) in [6.45, 7) is 0. The summed E-state index contributed by atoms with van der Waals surface area (Å²) in [7, 11) is -3.89. The molecule has 174 valence electrons. The molecule has 0 amide bonds. The number of halogens is 3. The van der Waals surface area contributed by atoms with Gasteiger partial charge in [-0.05, 0) is 53.6 Å². The summed E-state index contributed by atoms with van der Waals surface area (Å²) >= 11 is 0. The molecular weight excluding hydrogens is 473 g/mol. The molecule has 12 heteroatoms. The van der Waals surface area contributed by atoms with Gasteiger partial charge in [-0.3, -0.25) is 0 Å². The summed E-state index contributed by atoms with van der Waals surface area (Å²) in [6.07, 6.45) is -3.01. The van der Waals surface area contributed by atoms with Crippen molar-refractivity contribution in [2.24, 2.45) is 5.14 Å². The van der Waals surface area contributed by atoms with E-state index in [9.17, 15) is 31.5 Å². The van der Waals surface area contributed by atoms with E-state index in [0.29, 0.717) is 22.4 Å². The number of sulfonamides is 1. The summed E-state index contributed by atoms with van der Waals surface area (Å²) in [4.78, 5) is 11.6. The second-order valence-electron chi connectivity index (χ2n) is 7.27. The van der Waals surface area contributed by atoms with E-state index < -0.39 is 27.7 Å². The van der Waals surface area contributed by atoms with Gasteiger partial charge in [0.2, 0.25) is 10.0 Å². The molecular formula is C22H15F3N4O4S. The van der Waals surface area contributed by atoms with E-state index in [1.807, 2.05) is 0 Å². The Morgan fingerprint density at radius 2 is 1.53 bits per heavy atom. The summed E-state index contributed by atoms with van der Waals surface area (Å²) in [5, 5.41) is 22.6. The number of carboxylic acids is 1. The van der Waals surface area contributed by atoms with Crippen LogP contribution in [-0.4, -0.2) is 34.5 Å². The van der Waals surface area contributed by atoms with Gasteiger partial charge < -0.3 is 5.11 Å². The van der Waals surface area contributed by atoms with Crippen molar-refractivity contribution in [3.05, 3.63) is 84.1 Å². The Morgan fingerprint density at radius 1 is 0.912 bits per heavy atom. The van der Waals surface area contributed by atoms with Crippen molar-refractivity contribution in [3.63, 3.8) is 0 Å². The fourth-order valence-electron chi connectivity index (χ4n) is 3.22. The number of hydrogen-bond acceptors (Lipinski definition) is 5. The fourth-order valence-corrected chi connectivity index (χ4v) is 3.74. The zero-order chi connectivity index (χ0) is 24.7. The molecule has 0 bridgehead atoms. The van der Waals surface area contributed by atoms with Crippen LogP contribution in [-0.2, 0) is 16.2 Å². The van der Waals surface area contributed by atoms with Crippen molar-refractivity contribution in [2.75, 3.05) is 0 Å². The number of benzene rings is 3. The summed E-state index contributed by atoms with van der Waals surface area (Å²) in [6, 6.07) is 14.4. The molecule has 0 saturated carbocycles. The van der Waals surface area contributed by atoms with E-state index in [1.165, 1.54) is 59.4 Å². The molecule has 0 atom stereocenters. The molecule has 0 spiro atoms. The topological polar surface area (TPSA) is 128 Å². The molecule has 0 fully saturated rings. The van der Waals surface area contributed by atoms with E-state index in [4.69, 9.17) is 5.14 Å². The minimum absolute atomic E-state index is 0.0606. The molecule has 8 nitrogen and oxygen atoms in total. The normalized spacial score (nSPS) is 12.0. The Balaban J connectivity index is 1.72. The van der Waals surface area contributed by atoms with Crippen molar-refractivity contribution >= 4 is 16.0 Å². The minimum atomic E-state index is -4.46. The summed E-state index contributed by atoms with van der Waals surface area (Å²) < 4.78 is 62.6. The molecule has 0 radical (unpaired) electrons. The number of primary sulfonamides is 1. The minimum Gasteiger partial charge on any atom is -0.478 e. The van der Waals surface area contributed by atoms with E-state index in [0.717, 1.165) is 12.1 Å². The van der Waals surface area contributed by atoms with Crippen LogP contribution in [0.3, 0.4) is 0 Å². The first kappa shape index (κ1) is 23.1. The lowest BCUT2D eigenvalue weighted by Gasteiger charge is -2.09. The quantitative estimate of drug-likeness (QED) is 0.438. The lowest BCUT2D eigenvalue weighted by atomic mass is 10.0. The SMILES string of the molecule is NS(=O)(=O)c1ccc(-c2cc(C(=O)O)cc(-n3cc(-c4ccc(C(F)(F)F)cc4)nn3)c2)cc1. The zero-order valence-corrected chi connectivity index (χ0v) is 17.9. The number of aromatic carboxylic acids is 1. The van der Waals surface area contributed by atoms with Gasteiger partial charge in [0.1, 0.15) is 5.69 Å². The van der Waals surface area contributed by atoms with Crippen LogP contribution in [0.2, 0.25) is 0 Å². The van der Waals surface area contributed by atoms with Gasteiger partial charge in [0, 0.05) is 5.56 Å². The van der Waals surface area contributed by atoms with Crippen molar-refractivity contribution in [1.82, 2.24) is 15.0 Å². The third kappa shape index (κ3) is 4.82. The Kier molecular flexibility index (Phi) is 5.71. The first-order valence-electron chi connectivity index (χ1n) is 9.54. The predicted octanol–water partition coefficient (Wildman–Crippen LogP) is 3.97. The van der Waals surface area contributed by atoms with E-state index in [1.54, 1.807) is 6.07 Å². The van der Waals surface area contributed by atoms with Gasteiger partial charge in [0.05, 0.1) is 27.9 Å². The van der Waals surface area contributed by atoms with Crippen LogP contribution in [0.1, 0.15) is 15.9 Å². The van der Waals surface area contributed by atoms with E-state index >= 15 is 0 Å². The highest BCUT2D eigenvalue weighted by Gasteiger charge is 2.30. The van der Waals surface area contributed by atoms with Crippen LogP contribution in [0.25, 0.3) is 28.1 Å². The molecule has 34 heavy (non-hydrogen) atoms. The Morgan fingerprint density at radius 3 is 2.09 bits per heavy atom. The van der Waals surface area contributed by atoms with Crippen LogP contribution in [0.15, 0.2) is 77.8 Å². The number of alkyl halides is 3. The molecule has 0 aliphatic carbocycles. The molecule has 3 N–H and O–H groups in total. The van der Waals surface area contributed by atoms with Gasteiger partial charge in [-0.15, -0.1) is 5.10 Å². The van der Waals surface area contributed by atoms with Crippen LogP contribution >= 0.6 is 0 Å². The highest BCUT2D eigenvalue weighted by atomic mass is 32.2. The van der Waals surface area contributed by atoms with Gasteiger partial charge in [0.15, 0.2) is 0 Å². The highest BCUT2D eigenvalue weighted by Crippen LogP contribution is 2.31. The van der Waals surface area contributed by atoms with Crippen LogP contribution in [0.4, 0.5) is 13.2 Å². The van der Waals surface area contributed by atoms with Crippen molar-refractivity contribution in [3.8, 4) is 28.1 Å². The summed E-state index contributed by atoms with van der Waals surface area (Å²) in [5.74, 6) is -1.20. The van der Waals surface area contributed by atoms with Crippen molar-refractivity contribution < 1.29 is 31.5 Å². The zero-order valence-electron chi connectivity index (χ0n) is 17.1. The molecule has 4 aromatic rings. The second-order valence-corrected chi connectivity index (χ2v) is 8.83. The number of carbonyl (C=O) groups is 1. The monoisotopic (exact) mass is 488 g/mol. The van der Waals surface area contributed by atoms with Gasteiger partial charge in [-0.25, -0.2) is 23.0 Å². The molecule has 1 aromatic heterocycles. The largest absolute Gasteiger partial charge is 0.478 e. The Bertz CT molecular complexity index is 1480. The first-order valence-corrected chi connectivity index (χ1v) is 11.1. The summed E-state index contributed by atoms with van der Waals surface area (Å²) in [5.41, 5.74) is 1.14. The molecule has 0 aliphatic heterocycles. The van der Waals surface area contributed by atoms with Crippen molar-refractivity contribution in [2.45, 2.75) is 11.1 Å². The van der Waals surface area contributed by atoms with Crippen LogP contribution in [0, 0.1) is 0 Å². The average molecular weight is 488 g/mol. The van der Waals surface area contributed by atoms with Crippen LogP contribution in [0.5, 0.6) is 0 Å². The van der Waals surface area contributed by atoms with E-state index in [-0.39, 0.29) is 16.2 Å². The van der Waals surface area contributed by atoms with Gasteiger partial charge in [0.25, 0.3) is 0 Å². The Labute approximate surface area is 191 Å². The maximum atomic E-state index is 12.8. The fraction of sp³-hybridized carbons (Fsp3) is 0.0455. The highest BCUT2D eigenvalue weighted by molar-refractivity contribution is 7.89. The Hall–Kier alpha value is -4.03. The number of nitrogens with zero attached hydrogens (tertiary/aromatic N) is 3. The van der Waals surface area contributed by atoms with Crippen molar-refractivity contribution in [1.29, 1.82) is 0 Å². The third-order valence-electron chi connectivity index (χ3n) is 4.95. The molecule has 0 saturated heterocycles. The maximum absolute atomic E-state index is 12.8. The molecule has 3 aromatic carbocycles. The predicted molar refractivity (Wildman–Crippen MR) is 116 cm³/mol.